The second-order valence-corrected chi connectivity index (χ2v) is 9.97. The van der Waals surface area contributed by atoms with Gasteiger partial charge in [-0.1, -0.05) is 60.7 Å². The molecule has 0 fully saturated rings. The van der Waals surface area contributed by atoms with Gasteiger partial charge >= 0.3 is 0 Å². The SMILES string of the molecule is O=C(COCc1ccc(F)cc1)NCCCC[C@@H]1NC(=O)CC/C=C/COc2ccc(-c3ccccc3)cc2NC1=O. The van der Waals surface area contributed by atoms with E-state index in [0.717, 1.165) is 16.7 Å². The van der Waals surface area contributed by atoms with Crippen LogP contribution in [0, 0.1) is 5.82 Å². The smallest absolute Gasteiger partial charge is 0.247 e. The van der Waals surface area contributed by atoms with Crippen molar-refractivity contribution in [1.29, 1.82) is 0 Å². The topological polar surface area (TPSA) is 106 Å². The Balaban J connectivity index is 1.31. The van der Waals surface area contributed by atoms with Gasteiger partial charge in [0.15, 0.2) is 0 Å². The van der Waals surface area contributed by atoms with Crippen LogP contribution in [0.15, 0.2) is 84.9 Å². The van der Waals surface area contributed by atoms with Crippen LogP contribution in [0.3, 0.4) is 0 Å². The number of unbranched alkanes of at least 4 members (excludes halogenated alkanes) is 1. The molecule has 4 rings (SSSR count). The van der Waals surface area contributed by atoms with E-state index in [4.69, 9.17) is 9.47 Å². The molecular formula is C33H36FN3O5. The van der Waals surface area contributed by atoms with Crippen molar-refractivity contribution in [3.8, 4) is 16.9 Å². The molecule has 8 nitrogen and oxygen atoms in total. The second-order valence-electron chi connectivity index (χ2n) is 9.97. The maximum atomic E-state index is 13.4. The minimum Gasteiger partial charge on any atom is -0.487 e. The summed E-state index contributed by atoms with van der Waals surface area (Å²) in [7, 11) is 0. The summed E-state index contributed by atoms with van der Waals surface area (Å²) in [6.07, 6.45) is 6.18. The molecule has 0 aromatic heterocycles. The fourth-order valence-corrected chi connectivity index (χ4v) is 4.45. The van der Waals surface area contributed by atoms with Gasteiger partial charge in [0.25, 0.3) is 0 Å². The highest BCUT2D eigenvalue weighted by Gasteiger charge is 2.22. The van der Waals surface area contributed by atoms with Crippen LogP contribution in [0.1, 0.15) is 37.7 Å². The Morgan fingerprint density at radius 2 is 1.79 bits per heavy atom. The molecule has 42 heavy (non-hydrogen) atoms. The molecule has 0 radical (unpaired) electrons. The van der Waals surface area contributed by atoms with E-state index in [1.807, 2.05) is 60.7 Å². The molecule has 1 aliphatic rings. The maximum absolute atomic E-state index is 13.4. The van der Waals surface area contributed by atoms with E-state index < -0.39 is 6.04 Å². The van der Waals surface area contributed by atoms with E-state index in [1.54, 1.807) is 12.1 Å². The molecule has 0 saturated heterocycles. The summed E-state index contributed by atoms with van der Waals surface area (Å²) in [5.41, 5.74) is 3.24. The molecule has 3 N–H and O–H groups in total. The molecule has 1 atom stereocenters. The van der Waals surface area contributed by atoms with Crippen LogP contribution < -0.4 is 20.7 Å². The van der Waals surface area contributed by atoms with Gasteiger partial charge in [-0.3, -0.25) is 14.4 Å². The molecule has 3 aromatic rings. The van der Waals surface area contributed by atoms with Gasteiger partial charge in [0, 0.05) is 13.0 Å². The Morgan fingerprint density at radius 1 is 0.976 bits per heavy atom. The van der Waals surface area contributed by atoms with Crippen molar-refractivity contribution in [3.05, 3.63) is 96.3 Å². The largest absolute Gasteiger partial charge is 0.487 e. The van der Waals surface area contributed by atoms with Crippen molar-refractivity contribution in [1.82, 2.24) is 10.6 Å². The van der Waals surface area contributed by atoms with Crippen LogP contribution in [0.2, 0.25) is 0 Å². The lowest BCUT2D eigenvalue weighted by molar-refractivity contribution is -0.126. The normalized spacial score (nSPS) is 16.4. The lowest BCUT2D eigenvalue weighted by atomic mass is 10.0. The van der Waals surface area contributed by atoms with Gasteiger partial charge < -0.3 is 25.4 Å². The number of carbonyl (C=O) groups excluding carboxylic acids is 3. The van der Waals surface area contributed by atoms with Crippen LogP contribution in [0.4, 0.5) is 10.1 Å². The van der Waals surface area contributed by atoms with Gasteiger partial charge in [-0.2, -0.15) is 0 Å². The highest BCUT2D eigenvalue weighted by Crippen LogP contribution is 2.31. The van der Waals surface area contributed by atoms with Crippen LogP contribution in [0.5, 0.6) is 5.75 Å². The van der Waals surface area contributed by atoms with Crippen molar-refractivity contribution in [3.63, 3.8) is 0 Å². The highest BCUT2D eigenvalue weighted by molar-refractivity contribution is 5.98. The maximum Gasteiger partial charge on any atom is 0.247 e. The number of benzene rings is 3. The minimum atomic E-state index is -0.745. The van der Waals surface area contributed by atoms with E-state index >= 15 is 0 Å². The number of hydrogen-bond donors (Lipinski definition) is 3. The number of rotatable bonds is 10. The average molecular weight is 574 g/mol. The zero-order valence-electron chi connectivity index (χ0n) is 23.4. The summed E-state index contributed by atoms with van der Waals surface area (Å²) in [5.74, 6) is -0.576. The van der Waals surface area contributed by atoms with Crippen molar-refractivity contribution in [2.75, 3.05) is 25.1 Å². The third-order valence-corrected chi connectivity index (χ3v) is 6.69. The lowest BCUT2D eigenvalue weighted by Gasteiger charge is -2.20. The Hall–Kier alpha value is -4.50. The molecule has 3 aromatic carbocycles. The van der Waals surface area contributed by atoms with Crippen LogP contribution >= 0.6 is 0 Å². The fraction of sp³-hybridized carbons (Fsp3) is 0.303. The van der Waals surface area contributed by atoms with Crippen molar-refractivity contribution < 1.29 is 28.2 Å². The number of halogens is 1. The summed E-state index contributed by atoms with van der Waals surface area (Å²) in [6, 6.07) is 20.7. The van der Waals surface area contributed by atoms with Gasteiger partial charge in [0.1, 0.15) is 30.8 Å². The fourth-order valence-electron chi connectivity index (χ4n) is 4.45. The lowest BCUT2D eigenvalue weighted by Crippen LogP contribution is -2.43. The molecule has 3 amide bonds. The van der Waals surface area contributed by atoms with E-state index in [-0.39, 0.29) is 43.2 Å². The molecule has 1 aliphatic heterocycles. The monoisotopic (exact) mass is 573 g/mol. The molecule has 220 valence electrons. The van der Waals surface area contributed by atoms with Crippen molar-refractivity contribution in [2.24, 2.45) is 0 Å². The third kappa shape index (κ3) is 9.85. The predicted octanol–water partition coefficient (Wildman–Crippen LogP) is 5.15. The van der Waals surface area contributed by atoms with E-state index in [2.05, 4.69) is 16.0 Å². The summed E-state index contributed by atoms with van der Waals surface area (Å²) in [6.45, 7) is 0.824. The summed E-state index contributed by atoms with van der Waals surface area (Å²) in [5, 5.41) is 8.64. The molecular weight excluding hydrogens is 537 g/mol. The first-order valence-corrected chi connectivity index (χ1v) is 14.1. The van der Waals surface area contributed by atoms with Crippen LogP contribution in [-0.4, -0.2) is 43.5 Å². The predicted molar refractivity (Wildman–Crippen MR) is 159 cm³/mol. The van der Waals surface area contributed by atoms with Gasteiger partial charge in [-0.15, -0.1) is 0 Å². The number of ether oxygens (including phenoxy) is 2. The number of allylic oxidation sites excluding steroid dienone is 1. The minimum absolute atomic E-state index is 0.112. The number of amides is 3. The van der Waals surface area contributed by atoms with Gasteiger partial charge in [-0.25, -0.2) is 4.39 Å². The summed E-state index contributed by atoms with van der Waals surface area (Å²) in [4.78, 5) is 38.1. The Morgan fingerprint density at radius 3 is 2.60 bits per heavy atom. The summed E-state index contributed by atoms with van der Waals surface area (Å²) >= 11 is 0. The van der Waals surface area contributed by atoms with E-state index in [1.165, 1.54) is 12.1 Å². The first-order valence-electron chi connectivity index (χ1n) is 14.1. The molecule has 0 aliphatic carbocycles. The van der Waals surface area contributed by atoms with Crippen molar-refractivity contribution in [2.45, 2.75) is 44.8 Å². The first-order chi connectivity index (χ1) is 20.5. The Bertz CT molecular complexity index is 1360. The van der Waals surface area contributed by atoms with Gasteiger partial charge in [-0.05, 0) is 66.6 Å². The highest BCUT2D eigenvalue weighted by atomic mass is 19.1. The zero-order chi connectivity index (χ0) is 29.6. The third-order valence-electron chi connectivity index (χ3n) is 6.69. The van der Waals surface area contributed by atoms with Crippen molar-refractivity contribution >= 4 is 23.4 Å². The van der Waals surface area contributed by atoms with E-state index in [9.17, 15) is 18.8 Å². The quantitative estimate of drug-likeness (QED) is 0.230. The van der Waals surface area contributed by atoms with Crippen LogP contribution in [0.25, 0.3) is 11.1 Å². The van der Waals surface area contributed by atoms with Gasteiger partial charge in [0.2, 0.25) is 17.7 Å². The number of nitrogens with one attached hydrogen (secondary N) is 3. The zero-order valence-corrected chi connectivity index (χ0v) is 23.4. The summed E-state index contributed by atoms with van der Waals surface area (Å²) < 4.78 is 24.3. The molecule has 0 unspecified atom stereocenters. The second kappa shape index (κ2) is 16.1. The molecule has 0 spiro atoms. The average Bonchev–Trinajstić information content (AvgIpc) is 3.00. The number of hydrogen-bond acceptors (Lipinski definition) is 5. The molecule has 0 bridgehead atoms. The Kier molecular flexibility index (Phi) is 11.7. The number of carbonyl (C=O) groups is 3. The Labute approximate surface area is 245 Å². The molecule has 1 heterocycles. The number of anilines is 1. The molecule has 0 saturated carbocycles. The first kappa shape index (κ1) is 30.5. The van der Waals surface area contributed by atoms with Crippen LogP contribution in [-0.2, 0) is 25.7 Å². The standard InChI is InChI=1S/C33H36FN3O5/c34-27-16-13-24(14-17-27)22-41-23-32(39)35-19-7-6-11-28-33(40)37-29-21-26(25-9-3-1-4-10-25)15-18-30(29)42-20-8-2-5-12-31(38)36-28/h1-4,8-10,13-18,21,28H,5-7,11-12,19-20,22-23H2,(H,35,39)(H,36,38)(H,37,40)/b8-2+/t28-/m0/s1. The van der Waals surface area contributed by atoms with Gasteiger partial charge in [0.05, 0.1) is 12.3 Å². The van der Waals surface area contributed by atoms with E-state index in [0.29, 0.717) is 50.3 Å². The number of fused-ring (bicyclic) bond motifs is 1. The molecule has 9 heteroatoms.